The van der Waals surface area contributed by atoms with Crippen LogP contribution in [0.2, 0.25) is 0 Å². The lowest BCUT2D eigenvalue weighted by atomic mass is 9.81. The van der Waals surface area contributed by atoms with Crippen molar-refractivity contribution >= 4 is 36.0 Å². The lowest BCUT2D eigenvalue weighted by Crippen LogP contribution is -2.52. The van der Waals surface area contributed by atoms with Gasteiger partial charge in [-0.2, -0.15) is 5.21 Å². The number of anilines is 1. The Balaban J connectivity index is 0.00000214. The van der Waals surface area contributed by atoms with Crippen molar-refractivity contribution < 1.29 is 33.8 Å². The summed E-state index contributed by atoms with van der Waals surface area (Å²) in [6, 6.07) is 16.0. The normalized spacial score (nSPS) is 18.4. The highest BCUT2D eigenvalue weighted by atomic mass is 16.6. The van der Waals surface area contributed by atoms with Crippen LogP contribution in [0.15, 0.2) is 60.8 Å². The number of amides is 4. The number of benzene rings is 2. The number of carboxylic acid groups (broad SMARTS) is 1. The summed E-state index contributed by atoms with van der Waals surface area (Å²) >= 11 is 0. The van der Waals surface area contributed by atoms with Crippen molar-refractivity contribution in [2.24, 2.45) is 17.6 Å². The molecule has 2 aromatic heterocycles. The van der Waals surface area contributed by atoms with Gasteiger partial charge in [0.15, 0.2) is 0 Å². The molecule has 2 atom stereocenters. The zero-order valence-electron chi connectivity index (χ0n) is 34.2. The van der Waals surface area contributed by atoms with Crippen LogP contribution in [0.4, 0.5) is 10.5 Å². The van der Waals surface area contributed by atoms with Crippen LogP contribution in [0, 0.1) is 18.8 Å². The number of aromatic amines is 1. The molecule has 6 N–H and O–H groups in total. The second-order valence-electron chi connectivity index (χ2n) is 16.0. The Labute approximate surface area is 343 Å². The van der Waals surface area contributed by atoms with E-state index in [0.717, 1.165) is 41.6 Å². The molecule has 3 heterocycles. The van der Waals surface area contributed by atoms with Crippen LogP contribution in [-0.4, -0.2) is 110 Å². The van der Waals surface area contributed by atoms with Crippen LogP contribution >= 0.6 is 0 Å². The molecular weight excluding hydrogens is 757 g/mol. The first kappa shape index (κ1) is 43.9. The number of rotatable bonds is 11. The average molecular weight is 811 g/mol. The Hall–Kier alpha value is -6.23. The first-order valence-electron chi connectivity index (χ1n) is 19.8. The molecule has 1 unspecified atom stereocenters. The fraction of sp³-hybridized carbons (Fsp3) is 0.452. The molecule has 4 aromatic rings. The van der Waals surface area contributed by atoms with Gasteiger partial charge >= 0.3 is 6.09 Å². The summed E-state index contributed by atoms with van der Waals surface area (Å²) in [6.45, 7) is 11.7. The highest BCUT2D eigenvalue weighted by Crippen LogP contribution is 2.33. The number of carbonyl (C=O) groups is 5. The number of piperazine rings is 1. The van der Waals surface area contributed by atoms with Gasteiger partial charge in [0.1, 0.15) is 17.3 Å². The molecule has 59 heavy (non-hydrogen) atoms. The van der Waals surface area contributed by atoms with Crippen LogP contribution in [0.25, 0.3) is 22.5 Å². The van der Waals surface area contributed by atoms with E-state index in [2.05, 4.69) is 43.2 Å². The number of nitrogens with one attached hydrogen (secondary N) is 3. The summed E-state index contributed by atoms with van der Waals surface area (Å²) in [4.78, 5) is 69.5. The van der Waals surface area contributed by atoms with E-state index >= 15 is 0 Å². The summed E-state index contributed by atoms with van der Waals surface area (Å²) in [5.41, 5.74) is 10.7. The largest absolute Gasteiger partial charge is 0.483 e. The maximum atomic E-state index is 14.5. The maximum Gasteiger partial charge on any atom is 0.407 e. The van der Waals surface area contributed by atoms with Gasteiger partial charge in [-0.05, 0) is 118 Å². The first-order valence-corrected chi connectivity index (χ1v) is 19.8. The predicted molar refractivity (Wildman–Crippen MR) is 220 cm³/mol. The Morgan fingerprint density at radius 1 is 1.05 bits per heavy atom. The number of carbonyl (C=O) groups excluding carboxylic acids is 4. The van der Waals surface area contributed by atoms with Crippen molar-refractivity contribution in [1.82, 2.24) is 41.1 Å². The van der Waals surface area contributed by atoms with Gasteiger partial charge in [-0.15, -0.1) is 10.2 Å². The number of ether oxygens (including phenoxy) is 1. The van der Waals surface area contributed by atoms with Crippen molar-refractivity contribution in [2.75, 3.05) is 31.1 Å². The van der Waals surface area contributed by atoms with E-state index in [4.69, 9.17) is 20.4 Å². The molecule has 17 nitrogen and oxygen atoms in total. The van der Waals surface area contributed by atoms with E-state index in [9.17, 15) is 19.2 Å². The number of primary amides is 1. The van der Waals surface area contributed by atoms with Crippen LogP contribution in [0.1, 0.15) is 75.0 Å². The number of hydrogen-bond donors (Lipinski definition) is 5. The van der Waals surface area contributed by atoms with Crippen LogP contribution < -0.4 is 21.3 Å². The number of alkyl carbamates (subject to hydrolysis) is 1. The molecule has 1 saturated carbocycles. The fourth-order valence-corrected chi connectivity index (χ4v) is 7.48. The third-order valence-corrected chi connectivity index (χ3v) is 10.4. The predicted octanol–water partition coefficient (Wildman–Crippen LogP) is 4.13. The number of tetrazole rings is 1. The summed E-state index contributed by atoms with van der Waals surface area (Å²) in [5, 5.41) is 27.3. The van der Waals surface area contributed by atoms with E-state index in [1.165, 1.54) is 0 Å². The van der Waals surface area contributed by atoms with Crippen molar-refractivity contribution in [3.05, 3.63) is 77.6 Å². The molecule has 1 aliphatic heterocycles. The van der Waals surface area contributed by atoms with Crippen LogP contribution in [-0.2, 0) is 25.5 Å². The number of H-pyrrole nitrogens is 1. The quantitative estimate of drug-likeness (QED) is 0.135. The van der Waals surface area contributed by atoms with Gasteiger partial charge in [0, 0.05) is 67.6 Å². The summed E-state index contributed by atoms with van der Waals surface area (Å²) < 4.78 is 5.38. The zero-order valence-corrected chi connectivity index (χ0v) is 34.2. The number of aryl methyl sites for hydroxylation is 1. The molecule has 0 bridgehead atoms. The van der Waals surface area contributed by atoms with Crippen LogP contribution in [0.3, 0.4) is 0 Å². The monoisotopic (exact) mass is 810 g/mol. The van der Waals surface area contributed by atoms with Gasteiger partial charge in [-0.25, -0.2) is 4.79 Å². The minimum Gasteiger partial charge on any atom is -0.483 e. The summed E-state index contributed by atoms with van der Waals surface area (Å²) in [5.74, 6) is -0.616. The molecule has 0 spiro atoms. The van der Waals surface area contributed by atoms with Gasteiger partial charge in [0.05, 0.1) is 0 Å². The van der Waals surface area contributed by atoms with Crippen molar-refractivity contribution in [1.29, 1.82) is 0 Å². The molecule has 2 aliphatic rings. The molecule has 0 radical (unpaired) electrons. The lowest BCUT2D eigenvalue weighted by Gasteiger charge is -2.36. The Bertz CT molecular complexity index is 2050. The van der Waals surface area contributed by atoms with Crippen LogP contribution in [0.5, 0.6) is 0 Å². The third-order valence-electron chi connectivity index (χ3n) is 10.4. The Morgan fingerprint density at radius 2 is 1.71 bits per heavy atom. The second-order valence-corrected chi connectivity index (χ2v) is 16.0. The lowest BCUT2D eigenvalue weighted by molar-refractivity contribution is -0.127. The SMILES string of the molecule is Cc1cc(C(=O)N2CCNC(C)C2)ncc1-c1ccc(C[C@@H](C(N)=O)N(C(=O)C2CCC(CNC(=O)OC(C)(C)C)CC2)c2ccc(-c3nn[nH]n3)cc2)cc1.O=CO. The van der Waals surface area contributed by atoms with Crippen molar-refractivity contribution in [3.8, 4) is 22.5 Å². The molecule has 1 saturated heterocycles. The number of pyridine rings is 1. The van der Waals surface area contributed by atoms with Gasteiger partial charge in [-0.3, -0.25) is 29.1 Å². The highest BCUT2D eigenvalue weighted by Gasteiger charge is 2.36. The van der Waals surface area contributed by atoms with E-state index in [0.29, 0.717) is 55.2 Å². The van der Waals surface area contributed by atoms with Gasteiger partial charge in [-0.1, -0.05) is 24.3 Å². The van der Waals surface area contributed by atoms with Gasteiger partial charge in [0.25, 0.3) is 12.4 Å². The molecule has 2 fully saturated rings. The summed E-state index contributed by atoms with van der Waals surface area (Å²) in [7, 11) is 0. The minimum atomic E-state index is -0.975. The van der Waals surface area contributed by atoms with E-state index in [1.54, 1.807) is 35.4 Å². The smallest absolute Gasteiger partial charge is 0.407 e. The average Bonchev–Trinajstić information content (AvgIpc) is 3.75. The third kappa shape index (κ3) is 11.9. The molecule has 6 rings (SSSR count). The van der Waals surface area contributed by atoms with Crippen molar-refractivity contribution in [2.45, 2.75) is 84.4 Å². The molecule has 2 aromatic carbocycles. The molecular formula is C42H54N10O7. The summed E-state index contributed by atoms with van der Waals surface area (Å²) in [6.07, 6.45) is 4.14. The number of aromatic nitrogens is 5. The molecule has 314 valence electrons. The number of hydrogen-bond acceptors (Lipinski definition) is 11. The minimum absolute atomic E-state index is 0.0763. The zero-order chi connectivity index (χ0) is 42.7. The Kier molecular flexibility index (Phi) is 14.8. The number of nitrogens with zero attached hydrogens (tertiary/aromatic N) is 6. The van der Waals surface area contributed by atoms with E-state index in [-0.39, 0.29) is 42.6 Å². The topological polar surface area (TPSA) is 239 Å². The van der Waals surface area contributed by atoms with E-state index in [1.807, 2.05) is 62.9 Å². The fourth-order valence-electron chi connectivity index (χ4n) is 7.48. The molecule has 17 heteroatoms. The Morgan fingerprint density at radius 3 is 2.29 bits per heavy atom. The van der Waals surface area contributed by atoms with Gasteiger partial charge in [0.2, 0.25) is 17.6 Å². The molecule has 1 aliphatic carbocycles. The highest BCUT2D eigenvalue weighted by molar-refractivity contribution is 6.02. The molecule has 4 amide bonds. The van der Waals surface area contributed by atoms with E-state index < -0.39 is 23.6 Å². The standard InChI is InChI=1S/C41H52N10O5.CH2O2/c1-25-20-34(39(54)50-19-18-43-26(2)24-50)44-23-33(25)29-10-6-27(7-11-29)21-35(36(42)52)51(32-16-14-30(15-17-32)37-46-48-49-47-37)38(53)31-12-8-28(9-13-31)22-45-40(55)56-41(3,4)5;2-1-3/h6-7,10-11,14-17,20,23,26,28,31,35,43H,8-9,12-13,18-19,21-22,24H2,1-5H3,(H2,42,52)(H,45,55)(H,46,47,48,49);1H,(H,2,3)/t26?,28?,31?,35-;/m0./s1. The first-order chi connectivity index (χ1) is 28.2. The van der Waals surface area contributed by atoms with Gasteiger partial charge < -0.3 is 31.1 Å². The second kappa shape index (κ2) is 20.0. The van der Waals surface area contributed by atoms with Crippen molar-refractivity contribution in [3.63, 3.8) is 0 Å². The maximum absolute atomic E-state index is 14.5. The number of nitrogens with two attached hydrogens (primary N) is 1.